The number of ether oxygens (including phenoxy) is 2. The Bertz CT molecular complexity index is 1010. The highest BCUT2D eigenvalue weighted by atomic mass is 16.5. The first-order chi connectivity index (χ1) is 14.9. The molecule has 3 rings (SSSR count). The van der Waals surface area contributed by atoms with Gasteiger partial charge in [0.15, 0.2) is 0 Å². The first-order valence-corrected chi connectivity index (χ1v) is 10.2. The number of quaternary nitrogens is 1. The molecule has 0 fully saturated rings. The third kappa shape index (κ3) is 5.80. The van der Waals surface area contributed by atoms with E-state index in [9.17, 15) is 9.59 Å². The van der Waals surface area contributed by atoms with Crippen LogP contribution in [-0.4, -0.2) is 44.0 Å². The van der Waals surface area contributed by atoms with E-state index >= 15 is 0 Å². The molecule has 0 N–H and O–H groups in total. The molecule has 0 aromatic heterocycles. The Kier molecular flexibility index (Phi) is 7.21. The Labute approximate surface area is 183 Å². The van der Waals surface area contributed by atoms with Gasteiger partial charge in [-0.05, 0) is 42.0 Å². The van der Waals surface area contributed by atoms with Gasteiger partial charge in [0.05, 0.1) is 27.7 Å². The van der Waals surface area contributed by atoms with Crippen LogP contribution < -0.4 is 9.47 Å². The number of methoxy groups -OCH3 is 2. The van der Waals surface area contributed by atoms with Gasteiger partial charge in [-0.1, -0.05) is 42.5 Å². The SMILES string of the molecule is COc1ccc(CC(=O)[N+](C)(CC(=O)c2ccc(OC)cc2)Cc2ccccc2)cc1. The molecule has 0 aliphatic heterocycles. The lowest BCUT2D eigenvalue weighted by atomic mass is 10.1. The van der Waals surface area contributed by atoms with E-state index in [-0.39, 0.29) is 29.1 Å². The predicted molar refractivity (Wildman–Crippen MR) is 120 cm³/mol. The van der Waals surface area contributed by atoms with Crippen molar-refractivity contribution in [1.82, 2.24) is 0 Å². The van der Waals surface area contributed by atoms with Gasteiger partial charge in [-0.15, -0.1) is 0 Å². The van der Waals surface area contributed by atoms with Crippen molar-refractivity contribution >= 4 is 11.7 Å². The second kappa shape index (κ2) is 10.0. The Morgan fingerprint density at radius 3 is 1.84 bits per heavy atom. The monoisotopic (exact) mass is 418 g/mol. The van der Waals surface area contributed by atoms with Gasteiger partial charge in [-0.3, -0.25) is 9.28 Å². The van der Waals surface area contributed by atoms with E-state index in [1.165, 1.54) is 0 Å². The Morgan fingerprint density at radius 2 is 1.29 bits per heavy atom. The van der Waals surface area contributed by atoms with Crippen LogP contribution in [0.25, 0.3) is 0 Å². The molecule has 160 valence electrons. The Morgan fingerprint density at radius 1 is 0.742 bits per heavy atom. The van der Waals surface area contributed by atoms with Gasteiger partial charge >= 0.3 is 5.91 Å². The molecule has 0 saturated heterocycles. The number of likely N-dealkylation sites (N-methyl/N-ethyl adjacent to an activating group) is 1. The summed E-state index contributed by atoms with van der Waals surface area (Å²) in [7, 11) is 5.03. The largest absolute Gasteiger partial charge is 0.497 e. The van der Waals surface area contributed by atoms with Crippen LogP contribution in [0, 0.1) is 0 Å². The molecule has 0 aliphatic carbocycles. The van der Waals surface area contributed by atoms with Crippen molar-refractivity contribution in [3.05, 3.63) is 95.6 Å². The van der Waals surface area contributed by atoms with Crippen molar-refractivity contribution in [3.8, 4) is 11.5 Å². The minimum absolute atomic E-state index is 0.0130. The third-order valence-electron chi connectivity index (χ3n) is 5.40. The van der Waals surface area contributed by atoms with Gasteiger partial charge in [-0.25, -0.2) is 4.79 Å². The highest BCUT2D eigenvalue weighted by Crippen LogP contribution is 2.20. The molecule has 1 unspecified atom stereocenters. The zero-order valence-corrected chi connectivity index (χ0v) is 18.2. The van der Waals surface area contributed by atoms with E-state index < -0.39 is 0 Å². The first kappa shape index (κ1) is 22.2. The minimum atomic E-state index is -0.0795. The van der Waals surface area contributed by atoms with E-state index in [0.29, 0.717) is 17.9 Å². The van der Waals surface area contributed by atoms with Crippen molar-refractivity contribution in [3.63, 3.8) is 0 Å². The maximum Gasteiger partial charge on any atom is 0.318 e. The number of nitrogens with zero attached hydrogens (tertiary/aromatic N) is 1. The fourth-order valence-corrected chi connectivity index (χ4v) is 3.51. The van der Waals surface area contributed by atoms with E-state index in [4.69, 9.17) is 9.47 Å². The smallest absolute Gasteiger partial charge is 0.318 e. The lowest BCUT2D eigenvalue weighted by Crippen LogP contribution is -2.52. The molecule has 31 heavy (non-hydrogen) atoms. The number of rotatable bonds is 9. The maximum atomic E-state index is 13.4. The quantitative estimate of drug-likeness (QED) is 0.384. The number of ketones is 1. The van der Waals surface area contributed by atoms with Crippen LogP contribution in [0.5, 0.6) is 11.5 Å². The zero-order valence-electron chi connectivity index (χ0n) is 18.2. The molecule has 1 atom stereocenters. The molecule has 0 spiro atoms. The van der Waals surface area contributed by atoms with Crippen LogP contribution >= 0.6 is 0 Å². The average molecular weight is 419 g/mol. The molecular formula is C26H28NO4+. The third-order valence-corrected chi connectivity index (χ3v) is 5.40. The number of amides is 1. The van der Waals surface area contributed by atoms with E-state index in [1.807, 2.05) is 61.6 Å². The lowest BCUT2D eigenvalue weighted by molar-refractivity contribution is -0.839. The number of Topliss-reactive ketones (excluding diaryl/α,β-unsaturated/α-hetero) is 1. The van der Waals surface area contributed by atoms with Gasteiger partial charge in [0, 0.05) is 11.1 Å². The number of hydrogen-bond donors (Lipinski definition) is 0. The fourth-order valence-electron chi connectivity index (χ4n) is 3.51. The second-order valence-electron chi connectivity index (χ2n) is 7.77. The fraction of sp³-hybridized carbons (Fsp3) is 0.231. The lowest BCUT2D eigenvalue weighted by Gasteiger charge is -2.31. The van der Waals surface area contributed by atoms with Crippen molar-refractivity contribution in [2.24, 2.45) is 0 Å². The van der Waals surface area contributed by atoms with Crippen LogP contribution in [0.2, 0.25) is 0 Å². The number of carbonyl (C=O) groups excluding carboxylic acids is 2. The predicted octanol–water partition coefficient (Wildman–Crippen LogP) is 4.30. The number of benzene rings is 3. The Hall–Kier alpha value is -3.44. The summed E-state index contributed by atoms with van der Waals surface area (Å²) in [6.45, 7) is 0.522. The van der Waals surface area contributed by atoms with Gasteiger partial charge in [0.1, 0.15) is 24.6 Å². The first-order valence-electron chi connectivity index (χ1n) is 10.2. The standard InChI is InChI=1S/C26H28NO4/c1-27(18-21-7-5-4-6-8-21,19-25(28)22-11-15-24(31-3)16-12-22)26(29)17-20-9-13-23(30-2)14-10-20/h4-16H,17-19H2,1-3H3/q+1. The molecule has 0 aliphatic rings. The van der Waals surface area contributed by atoms with Gasteiger partial charge in [-0.2, -0.15) is 0 Å². The minimum Gasteiger partial charge on any atom is -0.497 e. The van der Waals surface area contributed by atoms with Crippen molar-refractivity contribution in [1.29, 1.82) is 0 Å². The van der Waals surface area contributed by atoms with Crippen molar-refractivity contribution < 1.29 is 23.5 Å². The van der Waals surface area contributed by atoms with Crippen LogP contribution in [0.4, 0.5) is 0 Å². The summed E-state index contributed by atoms with van der Waals surface area (Å²) in [6, 6.07) is 24.2. The number of carbonyl (C=O) groups is 2. The molecule has 3 aromatic rings. The molecule has 0 radical (unpaired) electrons. The Balaban J connectivity index is 1.83. The van der Waals surface area contributed by atoms with Crippen LogP contribution in [-0.2, 0) is 17.8 Å². The normalized spacial score (nSPS) is 12.6. The summed E-state index contributed by atoms with van der Waals surface area (Å²) in [5, 5.41) is 0. The molecule has 0 saturated carbocycles. The van der Waals surface area contributed by atoms with Crippen molar-refractivity contribution in [2.75, 3.05) is 27.8 Å². The summed E-state index contributed by atoms with van der Waals surface area (Å²) in [5.74, 6) is 1.33. The topological polar surface area (TPSA) is 52.6 Å². The van der Waals surface area contributed by atoms with Gasteiger partial charge in [0.2, 0.25) is 5.78 Å². The van der Waals surface area contributed by atoms with E-state index in [2.05, 4.69) is 0 Å². The van der Waals surface area contributed by atoms with Crippen LogP contribution in [0.1, 0.15) is 21.5 Å². The highest BCUT2D eigenvalue weighted by molar-refractivity contribution is 5.98. The summed E-state index contributed by atoms with van der Waals surface area (Å²) in [4.78, 5) is 26.5. The molecule has 5 nitrogen and oxygen atoms in total. The molecule has 5 heteroatoms. The maximum absolute atomic E-state index is 13.4. The summed E-state index contributed by atoms with van der Waals surface area (Å²) in [6.07, 6.45) is 0.239. The van der Waals surface area contributed by atoms with E-state index in [1.54, 1.807) is 38.5 Å². The van der Waals surface area contributed by atoms with Gasteiger partial charge in [0.25, 0.3) is 0 Å². The number of hydrogen-bond acceptors (Lipinski definition) is 4. The van der Waals surface area contributed by atoms with Crippen LogP contribution in [0.15, 0.2) is 78.9 Å². The molecular weight excluding hydrogens is 390 g/mol. The molecule has 0 heterocycles. The molecule has 1 amide bonds. The molecule has 3 aromatic carbocycles. The van der Waals surface area contributed by atoms with Crippen LogP contribution in [0.3, 0.4) is 0 Å². The van der Waals surface area contributed by atoms with Gasteiger partial charge < -0.3 is 9.47 Å². The summed E-state index contributed by atoms with van der Waals surface area (Å²) in [5.41, 5.74) is 2.46. The summed E-state index contributed by atoms with van der Waals surface area (Å²) < 4.78 is 10.4. The molecule has 0 bridgehead atoms. The average Bonchev–Trinajstić information content (AvgIpc) is 2.80. The summed E-state index contributed by atoms with van der Waals surface area (Å²) >= 11 is 0. The highest BCUT2D eigenvalue weighted by Gasteiger charge is 2.34. The zero-order chi connectivity index (χ0) is 22.3. The second-order valence-corrected chi connectivity index (χ2v) is 7.77. The van der Waals surface area contributed by atoms with Crippen molar-refractivity contribution in [2.45, 2.75) is 13.0 Å². The van der Waals surface area contributed by atoms with E-state index in [0.717, 1.165) is 16.9 Å².